The molecule has 0 aromatic heterocycles. The Balaban J connectivity index is 2.08. The standard InChI is InChI=1S/C13H19N3O2/c1-10-4-6-15(7-5-10)9-11-8-12(16(17)18)2-3-13(11)14/h2-3,8,10H,4-7,9,14H2,1H3. The molecule has 1 aromatic rings. The third kappa shape index (κ3) is 2.98. The zero-order chi connectivity index (χ0) is 13.1. The van der Waals surface area contributed by atoms with Crippen molar-refractivity contribution >= 4 is 11.4 Å². The summed E-state index contributed by atoms with van der Waals surface area (Å²) in [7, 11) is 0. The van der Waals surface area contributed by atoms with E-state index in [1.807, 2.05) is 0 Å². The van der Waals surface area contributed by atoms with Crippen molar-refractivity contribution in [2.75, 3.05) is 18.8 Å². The first-order valence-corrected chi connectivity index (χ1v) is 6.31. The topological polar surface area (TPSA) is 72.4 Å². The molecule has 5 nitrogen and oxygen atoms in total. The number of anilines is 1. The molecule has 98 valence electrons. The van der Waals surface area contributed by atoms with Crippen molar-refractivity contribution in [2.24, 2.45) is 5.92 Å². The summed E-state index contributed by atoms with van der Waals surface area (Å²) in [6, 6.07) is 4.67. The lowest BCUT2D eigenvalue weighted by molar-refractivity contribution is -0.384. The lowest BCUT2D eigenvalue weighted by Crippen LogP contribution is -2.32. The second-order valence-corrected chi connectivity index (χ2v) is 5.10. The lowest BCUT2D eigenvalue weighted by atomic mass is 9.98. The van der Waals surface area contributed by atoms with E-state index in [9.17, 15) is 10.1 Å². The zero-order valence-corrected chi connectivity index (χ0v) is 10.6. The third-order valence-corrected chi connectivity index (χ3v) is 3.61. The zero-order valence-electron chi connectivity index (χ0n) is 10.6. The molecule has 2 N–H and O–H groups in total. The maximum atomic E-state index is 10.8. The van der Waals surface area contributed by atoms with E-state index in [-0.39, 0.29) is 10.6 Å². The van der Waals surface area contributed by atoms with Crippen LogP contribution in [0.15, 0.2) is 18.2 Å². The van der Waals surface area contributed by atoms with E-state index in [2.05, 4.69) is 11.8 Å². The largest absolute Gasteiger partial charge is 0.398 e. The number of nitro groups is 1. The van der Waals surface area contributed by atoms with Crippen molar-refractivity contribution in [1.29, 1.82) is 0 Å². The van der Waals surface area contributed by atoms with Crippen LogP contribution < -0.4 is 5.73 Å². The Labute approximate surface area is 107 Å². The van der Waals surface area contributed by atoms with Gasteiger partial charge in [0.05, 0.1) is 4.92 Å². The van der Waals surface area contributed by atoms with Gasteiger partial charge in [0, 0.05) is 24.4 Å². The summed E-state index contributed by atoms with van der Waals surface area (Å²) in [5.41, 5.74) is 7.50. The van der Waals surface area contributed by atoms with Crippen LogP contribution in [0.4, 0.5) is 11.4 Å². The van der Waals surface area contributed by atoms with Crippen LogP contribution >= 0.6 is 0 Å². The molecule has 18 heavy (non-hydrogen) atoms. The van der Waals surface area contributed by atoms with Gasteiger partial charge in [-0.05, 0) is 43.5 Å². The Hall–Kier alpha value is -1.62. The van der Waals surface area contributed by atoms with Crippen molar-refractivity contribution in [3.63, 3.8) is 0 Å². The number of likely N-dealkylation sites (tertiary alicyclic amines) is 1. The van der Waals surface area contributed by atoms with Gasteiger partial charge in [0.15, 0.2) is 0 Å². The van der Waals surface area contributed by atoms with Gasteiger partial charge < -0.3 is 5.73 Å². The van der Waals surface area contributed by atoms with Crippen molar-refractivity contribution in [3.05, 3.63) is 33.9 Å². The SMILES string of the molecule is CC1CCN(Cc2cc([N+](=O)[O-])ccc2N)CC1. The molecular formula is C13H19N3O2. The number of rotatable bonds is 3. The summed E-state index contributed by atoms with van der Waals surface area (Å²) < 4.78 is 0. The molecular weight excluding hydrogens is 230 g/mol. The molecule has 1 fully saturated rings. The molecule has 0 unspecified atom stereocenters. The second kappa shape index (κ2) is 5.35. The predicted molar refractivity (Wildman–Crippen MR) is 71.2 cm³/mol. The van der Waals surface area contributed by atoms with Gasteiger partial charge in [-0.3, -0.25) is 15.0 Å². The van der Waals surface area contributed by atoms with Crippen LogP contribution in [0.3, 0.4) is 0 Å². The van der Waals surface area contributed by atoms with Gasteiger partial charge >= 0.3 is 0 Å². The summed E-state index contributed by atoms with van der Waals surface area (Å²) in [4.78, 5) is 12.7. The number of nitrogen functional groups attached to an aromatic ring is 1. The normalized spacial score (nSPS) is 17.8. The molecule has 0 spiro atoms. The molecule has 0 aliphatic carbocycles. The molecule has 0 atom stereocenters. The van der Waals surface area contributed by atoms with Crippen LogP contribution in [0, 0.1) is 16.0 Å². The van der Waals surface area contributed by atoms with Crippen molar-refractivity contribution in [1.82, 2.24) is 4.90 Å². The van der Waals surface area contributed by atoms with Crippen LogP contribution in [0.1, 0.15) is 25.3 Å². The molecule has 1 aliphatic heterocycles. The highest BCUT2D eigenvalue weighted by Gasteiger charge is 2.17. The van der Waals surface area contributed by atoms with Gasteiger partial charge in [-0.2, -0.15) is 0 Å². The van der Waals surface area contributed by atoms with Crippen molar-refractivity contribution < 1.29 is 4.92 Å². The smallest absolute Gasteiger partial charge is 0.269 e. The van der Waals surface area contributed by atoms with Crippen LogP contribution in [-0.4, -0.2) is 22.9 Å². The maximum absolute atomic E-state index is 10.8. The Morgan fingerprint density at radius 1 is 1.44 bits per heavy atom. The first-order valence-electron chi connectivity index (χ1n) is 6.31. The minimum absolute atomic E-state index is 0.115. The second-order valence-electron chi connectivity index (χ2n) is 5.10. The highest BCUT2D eigenvalue weighted by molar-refractivity contribution is 5.52. The van der Waals surface area contributed by atoms with Gasteiger partial charge in [-0.1, -0.05) is 6.92 Å². The van der Waals surface area contributed by atoms with E-state index < -0.39 is 0 Å². The molecule has 0 amide bonds. The first-order chi connectivity index (χ1) is 8.56. The Morgan fingerprint density at radius 2 is 2.11 bits per heavy atom. The number of benzene rings is 1. The average molecular weight is 249 g/mol. The summed E-state index contributed by atoms with van der Waals surface area (Å²) in [6.07, 6.45) is 2.38. The quantitative estimate of drug-likeness (QED) is 0.507. The fourth-order valence-corrected chi connectivity index (χ4v) is 2.30. The predicted octanol–water partition coefficient (Wildman–Crippen LogP) is 2.41. The number of hydrogen-bond acceptors (Lipinski definition) is 4. The Kier molecular flexibility index (Phi) is 3.81. The Bertz CT molecular complexity index is 440. The van der Waals surface area contributed by atoms with Crippen molar-refractivity contribution in [2.45, 2.75) is 26.3 Å². The molecule has 0 bridgehead atoms. The van der Waals surface area contributed by atoms with Crippen LogP contribution in [0.2, 0.25) is 0 Å². The number of nitro benzene ring substituents is 1. The van der Waals surface area contributed by atoms with Gasteiger partial charge in [-0.25, -0.2) is 0 Å². The van der Waals surface area contributed by atoms with Gasteiger partial charge in [0.2, 0.25) is 0 Å². The van der Waals surface area contributed by atoms with Gasteiger partial charge in [0.1, 0.15) is 0 Å². The van der Waals surface area contributed by atoms with E-state index in [0.29, 0.717) is 12.2 Å². The molecule has 0 radical (unpaired) electrons. The summed E-state index contributed by atoms with van der Waals surface area (Å²) >= 11 is 0. The van der Waals surface area contributed by atoms with Gasteiger partial charge in [0.25, 0.3) is 5.69 Å². The average Bonchev–Trinajstić information content (AvgIpc) is 2.34. The number of piperidine rings is 1. The molecule has 1 aromatic carbocycles. The number of hydrogen-bond donors (Lipinski definition) is 1. The van der Waals surface area contributed by atoms with Crippen LogP contribution in [-0.2, 0) is 6.54 Å². The van der Waals surface area contributed by atoms with Crippen molar-refractivity contribution in [3.8, 4) is 0 Å². The Morgan fingerprint density at radius 3 is 2.72 bits per heavy atom. The van der Waals surface area contributed by atoms with E-state index >= 15 is 0 Å². The lowest BCUT2D eigenvalue weighted by Gasteiger charge is -2.30. The van der Waals surface area contributed by atoms with E-state index in [4.69, 9.17) is 5.73 Å². The summed E-state index contributed by atoms with van der Waals surface area (Å²) in [5.74, 6) is 0.781. The maximum Gasteiger partial charge on any atom is 0.269 e. The van der Waals surface area contributed by atoms with Gasteiger partial charge in [-0.15, -0.1) is 0 Å². The fraction of sp³-hybridized carbons (Fsp3) is 0.538. The molecule has 0 saturated carbocycles. The molecule has 5 heteroatoms. The summed E-state index contributed by atoms with van der Waals surface area (Å²) in [6.45, 7) is 5.06. The summed E-state index contributed by atoms with van der Waals surface area (Å²) in [5, 5.41) is 10.8. The monoisotopic (exact) mass is 249 g/mol. The highest BCUT2D eigenvalue weighted by Crippen LogP contribution is 2.23. The highest BCUT2D eigenvalue weighted by atomic mass is 16.6. The van der Waals surface area contributed by atoms with Crippen LogP contribution in [0.5, 0.6) is 0 Å². The number of nitrogens with two attached hydrogens (primary N) is 1. The van der Waals surface area contributed by atoms with E-state index in [1.165, 1.54) is 18.9 Å². The fourth-order valence-electron chi connectivity index (χ4n) is 2.30. The molecule has 1 aliphatic rings. The van der Waals surface area contributed by atoms with E-state index in [1.54, 1.807) is 12.1 Å². The first kappa shape index (κ1) is 12.8. The minimum Gasteiger partial charge on any atom is -0.398 e. The number of nitrogens with zero attached hydrogens (tertiary/aromatic N) is 2. The number of non-ortho nitro benzene ring substituents is 1. The van der Waals surface area contributed by atoms with E-state index in [0.717, 1.165) is 24.6 Å². The third-order valence-electron chi connectivity index (χ3n) is 3.61. The molecule has 1 heterocycles. The van der Waals surface area contributed by atoms with Crippen LogP contribution in [0.25, 0.3) is 0 Å². The minimum atomic E-state index is -0.374. The molecule has 1 saturated heterocycles. The molecule has 2 rings (SSSR count).